The van der Waals surface area contributed by atoms with Crippen molar-refractivity contribution in [3.63, 3.8) is 0 Å². The number of benzene rings is 2. The highest BCUT2D eigenvalue weighted by Crippen LogP contribution is 2.39. The third-order valence-electron chi connectivity index (χ3n) is 5.57. The molecule has 7 nitrogen and oxygen atoms in total. The number of hydrogen-bond donors (Lipinski definition) is 1. The molecule has 0 saturated carbocycles. The number of thiazole rings is 1. The number of carbonyl (C=O) groups excluding carboxylic acids is 1. The number of halogens is 6. The van der Waals surface area contributed by atoms with Crippen LogP contribution >= 0.6 is 11.3 Å². The van der Waals surface area contributed by atoms with E-state index in [1.807, 2.05) is 4.72 Å². The maximum atomic E-state index is 13.9. The first-order valence-corrected chi connectivity index (χ1v) is 13.3. The third kappa shape index (κ3) is 6.45. The maximum absolute atomic E-state index is 13.9. The lowest BCUT2D eigenvalue weighted by molar-refractivity contribution is -0.140. The molecule has 1 N–H and O–H groups in total. The van der Waals surface area contributed by atoms with Gasteiger partial charge in [-0.3, -0.25) is 9.52 Å². The average molecular weight is 580 g/mol. The van der Waals surface area contributed by atoms with Gasteiger partial charge in [-0.25, -0.2) is 13.4 Å². The van der Waals surface area contributed by atoms with Gasteiger partial charge in [-0.15, -0.1) is 11.3 Å². The van der Waals surface area contributed by atoms with Crippen LogP contribution in [0.5, 0.6) is 0 Å². The predicted octanol–water partition coefficient (Wildman–Crippen LogP) is 5.05. The molecular weight excluding hydrogens is 560 g/mol. The van der Waals surface area contributed by atoms with Crippen molar-refractivity contribution in [2.75, 3.05) is 31.0 Å². The van der Waals surface area contributed by atoms with Gasteiger partial charge in [0.05, 0.1) is 41.4 Å². The predicted molar refractivity (Wildman–Crippen MR) is 126 cm³/mol. The van der Waals surface area contributed by atoms with Gasteiger partial charge in [0.2, 0.25) is 5.91 Å². The maximum Gasteiger partial charge on any atom is 0.417 e. The van der Waals surface area contributed by atoms with Crippen molar-refractivity contribution >= 4 is 32.4 Å². The Balaban J connectivity index is 1.59. The highest BCUT2D eigenvalue weighted by molar-refractivity contribution is 7.93. The fraction of sp³-hybridized carbons (Fsp3) is 0.304. The molecule has 1 saturated heterocycles. The summed E-state index contributed by atoms with van der Waals surface area (Å²) in [7, 11) is -4.81. The molecule has 1 fully saturated rings. The van der Waals surface area contributed by atoms with Crippen LogP contribution in [-0.4, -0.2) is 50.5 Å². The number of alkyl halides is 6. The summed E-state index contributed by atoms with van der Waals surface area (Å²) in [5.41, 5.74) is -2.80. The molecule has 38 heavy (non-hydrogen) atoms. The standard InChI is InChI=1S/C23H19F6N3O4S2/c24-22(25,26)16-3-1-2-14(10-16)15-4-5-19(18(11-15)23(27,28)29)38(34,35)31-21-30-17(13-37-21)12-20(33)32-6-8-36-9-7-32/h1-5,10-11,13H,6-9,12H2,(H,30,31). The average Bonchev–Trinajstić information content (AvgIpc) is 3.29. The molecular formula is C23H19F6N3O4S2. The van der Waals surface area contributed by atoms with Gasteiger partial charge in [-0.05, 0) is 35.4 Å². The van der Waals surface area contributed by atoms with E-state index in [-0.39, 0.29) is 34.3 Å². The number of sulfonamides is 1. The molecule has 2 aromatic carbocycles. The van der Waals surface area contributed by atoms with E-state index in [0.717, 1.165) is 29.5 Å². The Hall–Kier alpha value is -3.17. The van der Waals surface area contributed by atoms with Crippen LogP contribution in [-0.2, 0) is 38.3 Å². The van der Waals surface area contributed by atoms with Gasteiger partial charge < -0.3 is 9.64 Å². The third-order valence-corrected chi connectivity index (χ3v) is 7.90. The Kier molecular flexibility index (Phi) is 7.72. The second-order valence-electron chi connectivity index (χ2n) is 8.21. The SMILES string of the molecule is O=C(Cc1csc(NS(=O)(=O)c2ccc(-c3cccc(C(F)(F)F)c3)cc2C(F)(F)F)n1)N1CCOCC1. The summed E-state index contributed by atoms with van der Waals surface area (Å²) >= 11 is 0.792. The number of anilines is 1. The van der Waals surface area contributed by atoms with Crippen LogP contribution in [0.1, 0.15) is 16.8 Å². The number of morpholine rings is 1. The smallest absolute Gasteiger partial charge is 0.378 e. The molecule has 4 rings (SSSR count). The molecule has 15 heteroatoms. The minimum Gasteiger partial charge on any atom is -0.378 e. The summed E-state index contributed by atoms with van der Waals surface area (Å²) in [5.74, 6) is -0.252. The number of carbonyl (C=O) groups is 1. The van der Waals surface area contributed by atoms with Gasteiger partial charge in [0, 0.05) is 18.5 Å². The Morgan fingerprint density at radius 1 is 1.00 bits per heavy atom. The monoisotopic (exact) mass is 579 g/mol. The minimum atomic E-state index is -5.14. The molecule has 0 spiro atoms. The molecule has 0 radical (unpaired) electrons. The summed E-state index contributed by atoms with van der Waals surface area (Å²) in [6.07, 6.45) is -9.98. The zero-order valence-electron chi connectivity index (χ0n) is 19.3. The second kappa shape index (κ2) is 10.5. The van der Waals surface area contributed by atoms with Crippen molar-refractivity contribution in [2.45, 2.75) is 23.7 Å². The van der Waals surface area contributed by atoms with E-state index >= 15 is 0 Å². The van der Waals surface area contributed by atoms with Crippen molar-refractivity contribution in [1.82, 2.24) is 9.88 Å². The van der Waals surface area contributed by atoms with E-state index in [0.29, 0.717) is 44.5 Å². The molecule has 3 aromatic rings. The van der Waals surface area contributed by atoms with Crippen molar-refractivity contribution in [1.29, 1.82) is 0 Å². The zero-order valence-corrected chi connectivity index (χ0v) is 20.9. The fourth-order valence-electron chi connectivity index (χ4n) is 3.72. The van der Waals surface area contributed by atoms with E-state index in [9.17, 15) is 39.6 Å². The second-order valence-corrected chi connectivity index (χ2v) is 10.7. The van der Waals surface area contributed by atoms with E-state index in [1.165, 1.54) is 11.4 Å². The van der Waals surface area contributed by atoms with E-state index < -0.39 is 38.4 Å². The van der Waals surface area contributed by atoms with E-state index in [4.69, 9.17) is 4.74 Å². The number of ether oxygens (including phenoxy) is 1. The lowest BCUT2D eigenvalue weighted by Gasteiger charge is -2.26. The molecule has 0 unspecified atom stereocenters. The normalized spacial score (nSPS) is 14.9. The minimum absolute atomic E-state index is 0.127. The Morgan fingerprint density at radius 3 is 2.34 bits per heavy atom. The van der Waals surface area contributed by atoms with Gasteiger partial charge >= 0.3 is 12.4 Å². The molecule has 1 amide bonds. The first-order chi connectivity index (χ1) is 17.7. The highest BCUT2D eigenvalue weighted by atomic mass is 32.2. The van der Waals surface area contributed by atoms with Gasteiger partial charge in [-0.1, -0.05) is 18.2 Å². The van der Waals surface area contributed by atoms with Crippen LogP contribution in [0.15, 0.2) is 52.7 Å². The molecule has 1 aliphatic heterocycles. The lowest BCUT2D eigenvalue weighted by atomic mass is 10.0. The summed E-state index contributed by atoms with van der Waals surface area (Å²) in [6.45, 7) is 1.59. The molecule has 0 aliphatic carbocycles. The van der Waals surface area contributed by atoms with Crippen molar-refractivity contribution < 1.29 is 44.3 Å². The topological polar surface area (TPSA) is 88.6 Å². The summed E-state index contributed by atoms with van der Waals surface area (Å²) < 4.78 is 114. The van der Waals surface area contributed by atoms with Crippen molar-refractivity contribution in [3.8, 4) is 11.1 Å². The van der Waals surface area contributed by atoms with E-state index in [1.54, 1.807) is 4.90 Å². The van der Waals surface area contributed by atoms with E-state index in [2.05, 4.69) is 4.98 Å². The molecule has 1 aromatic heterocycles. The summed E-state index contributed by atoms with van der Waals surface area (Å²) in [4.78, 5) is 16.8. The van der Waals surface area contributed by atoms with Crippen LogP contribution in [0, 0.1) is 0 Å². The number of rotatable bonds is 6. The zero-order chi connectivity index (χ0) is 27.7. The first-order valence-electron chi connectivity index (χ1n) is 11.0. The molecule has 1 aliphatic rings. The molecule has 0 bridgehead atoms. The number of nitrogens with zero attached hydrogens (tertiary/aromatic N) is 2. The Labute approximate surface area is 217 Å². The van der Waals surface area contributed by atoms with Crippen molar-refractivity contribution in [2.24, 2.45) is 0 Å². The Morgan fingerprint density at radius 2 is 1.68 bits per heavy atom. The largest absolute Gasteiger partial charge is 0.417 e. The van der Waals surface area contributed by atoms with Crippen LogP contribution in [0.25, 0.3) is 11.1 Å². The first kappa shape index (κ1) is 27.9. The van der Waals surface area contributed by atoms with Gasteiger partial charge in [0.1, 0.15) is 0 Å². The number of nitrogens with one attached hydrogen (secondary N) is 1. The summed E-state index contributed by atoms with van der Waals surface area (Å²) in [6, 6.07) is 5.84. The molecule has 204 valence electrons. The van der Waals surface area contributed by atoms with Crippen LogP contribution in [0.4, 0.5) is 31.5 Å². The van der Waals surface area contributed by atoms with Gasteiger partial charge in [0.25, 0.3) is 10.0 Å². The van der Waals surface area contributed by atoms with Crippen molar-refractivity contribution in [3.05, 3.63) is 64.7 Å². The summed E-state index contributed by atoms with van der Waals surface area (Å²) in [5, 5.41) is 1.17. The van der Waals surface area contributed by atoms with Crippen LogP contribution in [0.3, 0.4) is 0 Å². The highest BCUT2D eigenvalue weighted by Gasteiger charge is 2.38. The van der Waals surface area contributed by atoms with Crippen LogP contribution < -0.4 is 4.72 Å². The number of aromatic nitrogens is 1. The lowest BCUT2D eigenvalue weighted by Crippen LogP contribution is -2.41. The molecule has 2 heterocycles. The van der Waals surface area contributed by atoms with Gasteiger partial charge in [-0.2, -0.15) is 26.3 Å². The van der Waals surface area contributed by atoms with Gasteiger partial charge in [0.15, 0.2) is 5.13 Å². The number of hydrogen-bond acceptors (Lipinski definition) is 6. The fourth-order valence-corrected chi connectivity index (χ4v) is 5.90. The quantitative estimate of drug-likeness (QED) is 0.413. The number of amides is 1. The molecule has 0 atom stereocenters. The van der Waals surface area contributed by atoms with Crippen LogP contribution in [0.2, 0.25) is 0 Å². The Bertz CT molecular complexity index is 1430.